The maximum Gasteiger partial charge on any atom is 0.242 e. The van der Waals surface area contributed by atoms with Crippen molar-refractivity contribution in [2.75, 3.05) is 11.9 Å². The van der Waals surface area contributed by atoms with Crippen molar-refractivity contribution in [3.63, 3.8) is 0 Å². The van der Waals surface area contributed by atoms with Crippen LogP contribution < -0.4 is 14.8 Å². The third-order valence-corrected chi connectivity index (χ3v) is 5.34. The van der Waals surface area contributed by atoms with Crippen molar-refractivity contribution in [1.29, 1.82) is 0 Å². The number of benzene rings is 2. The van der Waals surface area contributed by atoms with Crippen LogP contribution in [-0.4, -0.2) is 27.0 Å². The molecule has 0 aliphatic heterocycles. The molecule has 0 saturated heterocycles. The number of carbonyl (C=O) groups is 1. The van der Waals surface area contributed by atoms with Crippen LogP contribution in [0, 0.1) is 13.8 Å². The Kier molecular flexibility index (Phi) is 6.39. The van der Waals surface area contributed by atoms with Crippen molar-refractivity contribution in [3.8, 4) is 5.75 Å². The molecule has 0 fully saturated rings. The minimum atomic E-state index is -3.82. The second-order valence-electron chi connectivity index (χ2n) is 6.06. The number of hydrogen-bond acceptors (Lipinski definition) is 4. The molecule has 1 amide bonds. The maximum atomic E-state index is 12.5. The fourth-order valence-corrected chi connectivity index (χ4v) is 3.64. The van der Waals surface area contributed by atoms with Gasteiger partial charge in [-0.1, -0.05) is 17.7 Å². The van der Waals surface area contributed by atoms with Gasteiger partial charge in [-0.25, -0.2) is 8.42 Å². The van der Waals surface area contributed by atoms with Crippen LogP contribution >= 0.6 is 0 Å². The highest BCUT2D eigenvalue weighted by Gasteiger charge is 2.22. The smallest absolute Gasteiger partial charge is 0.242 e. The van der Waals surface area contributed by atoms with Gasteiger partial charge in [0.05, 0.1) is 17.5 Å². The van der Waals surface area contributed by atoms with Crippen molar-refractivity contribution >= 4 is 21.6 Å². The van der Waals surface area contributed by atoms with Crippen molar-refractivity contribution in [2.24, 2.45) is 0 Å². The zero-order valence-electron chi connectivity index (χ0n) is 15.4. The summed E-state index contributed by atoms with van der Waals surface area (Å²) >= 11 is 0. The standard InChI is InChI=1S/C19H24N2O4S/c1-5-25-18-11-10-17(12-14(18)3)26(23,24)21-15(4)19(22)20-16-8-6-13(2)7-9-16/h6-12,15,21H,5H2,1-4H3,(H,20,22)/t15-/m1/s1. The average molecular weight is 376 g/mol. The number of amides is 1. The lowest BCUT2D eigenvalue weighted by Crippen LogP contribution is -2.41. The third kappa shape index (κ3) is 5.06. The quantitative estimate of drug-likeness (QED) is 0.778. The van der Waals surface area contributed by atoms with E-state index < -0.39 is 22.0 Å². The van der Waals surface area contributed by atoms with E-state index in [2.05, 4.69) is 10.0 Å². The molecule has 0 aliphatic rings. The topological polar surface area (TPSA) is 84.5 Å². The SMILES string of the molecule is CCOc1ccc(S(=O)(=O)N[C@H](C)C(=O)Nc2ccc(C)cc2)cc1C. The minimum Gasteiger partial charge on any atom is -0.494 e. The summed E-state index contributed by atoms with van der Waals surface area (Å²) in [6.07, 6.45) is 0. The number of aryl methyl sites for hydroxylation is 2. The number of anilines is 1. The second kappa shape index (κ2) is 8.33. The molecular formula is C19H24N2O4S. The van der Waals surface area contributed by atoms with E-state index in [0.717, 1.165) is 5.56 Å². The van der Waals surface area contributed by atoms with Crippen LogP contribution in [0.25, 0.3) is 0 Å². The monoisotopic (exact) mass is 376 g/mol. The Balaban J connectivity index is 2.08. The van der Waals surface area contributed by atoms with Crippen LogP contribution in [0.1, 0.15) is 25.0 Å². The summed E-state index contributed by atoms with van der Waals surface area (Å²) in [6, 6.07) is 11.0. The molecule has 6 nitrogen and oxygen atoms in total. The number of ether oxygens (including phenoxy) is 1. The molecule has 7 heteroatoms. The van der Waals surface area contributed by atoms with Crippen LogP contribution in [0.15, 0.2) is 47.4 Å². The zero-order valence-corrected chi connectivity index (χ0v) is 16.2. The van der Waals surface area contributed by atoms with Gasteiger partial charge in [-0.15, -0.1) is 0 Å². The number of rotatable bonds is 7. The fraction of sp³-hybridized carbons (Fsp3) is 0.316. The summed E-state index contributed by atoms with van der Waals surface area (Å²) in [7, 11) is -3.82. The number of nitrogens with one attached hydrogen (secondary N) is 2. The van der Waals surface area contributed by atoms with Gasteiger partial charge in [0.1, 0.15) is 5.75 Å². The minimum absolute atomic E-state index is 0.0911. The second-order valence-corrected chi connectivity index (χ2v) is 7.77. The average Bonchev–Trinajstić information content (AvgIpc) is 2.58. The molecular weight excluding hydrogens is 352 g/mol. The summed E-state index contributed by atoms with van der Waals surface area (Å²) < 4.78 is 32.9. The van der Waals surface area contributed by atoms with E-state index in [4.69, 9.17) is 4.74 Å². The molecule has 26 heavy (non-hydrogen) atoms. The maximum absolute atomic E-state index is 12.5. The van der Waals surface area contributed by atoms with Gasteiger partial charge < -0.3 is 10.1 Å². The van der Waals surface area contributed by atoms with Gasteiger partial charge in [0.15, 0.2) is 0 Å². The van der Waals surface area contributed by atoms with E-state index in [9.17, 15) is 13.2 Å². The first-order valence-corrected chi connectivity index (χ1v) is 9.84. The van der Waals surface area contributed by atoms with E-state index in [1.54, 1.807) is 25.1 Å². The number of sulfonamides is 1. The Morgan fingerprint density at radius 1 is 1.12 bits per heavy atom. The van der Waals surface area contributed by atoms with Gasteiger partial charge in [-0.2, -0.15) is 4.72 Å². The van der Waals surface area contributed by atoms with Crippen molar-refractivity contribution < 1.29 is 17.9 Å². The first-order valence-electron chi connectivity index (χ1n) is 8.36. The molecule has 0 unspecified atom stereocenters. The lowest BCUT2D eigenvalue weighted by atomic mass is 10.2. The van der Waals surface area contributed by atoms with E-state index in [1.807, 2.05) is 26.0 Å². The summed E-state index contributed by atoms with van der Waals surface area (Å²) in [5.41, 5.74) is 2.40. The Morgan fingerprint density at radius 2 is 1.77 bits per heavy atom. The van der Waals surface area contributed by atoms with Crippen molar-refractivity contribution in [1.82, 2.24) is 4.72 Å². The molecule has 0 spiro atoms. The Morgan fingerprint density at radius 3 is 2.35 bits per heavy atom. The van der Waals surface area contributed by atoms with Gasteiger partial charge >= 0.3 is 0 Å². The predicted molar refractivity (Wildman–Crippen MR) is 102 cm³/mol. The van der Waals surface area contributed by atoms with Gasteiger partial charge in [0.2, 0.25) is 15.9 Å². The number of hydrogen-bond donors (Lipinski definition) is 2. The molecule has 0 bridgehead atoms. The Labute approximate surface area is 154 Å². The molecule has 2 aromatic carbocycles. The summed E-state index contributed by atoms with van der Waals surface area (Å²) in [4.78, 5) is 12.3. The molecule has 0 heterocycles. The zero-order chi connectivity index (χ0) is 19.3. The highest BCUT2D eigenvalue weighted by Crippen LogP contribution is 2.22. The Bertz CT molecular complexity index is 877. The normalized spacial score (nSPS) is 12.5. The van der Waals surface area contributed by atoms with Gasteiger partial charge in [0, 0.05) is 5.69 Å². The third-order valence-electron chi connectivity index (χ3n) is 3.80. The molecule has 2 N–H and O–H groups in total. The first kappa shape index (κ1) is 19.9. The van der Waals surface area contributed by atoms with E-state index in [0.29, 0.717) is 23.6 Å². The molecule has 1 atom stereocenters. The summed E-state index contributed by atoms with van der Waals surface area (Å²) in [5.74, 6) is 0.205. The lowest BCUT2D eigenvalue weighted by molar-refractivity contribution is -0.117. The van der Waals surface area contributed by atoms with Gasteiger partial charge in [-0.05, 0) is 63.6 Å². The molecule has 0 radical (unpaired) electrons. The highest BCUT2D eigenvalue weighted by atomic mass is 32.2. The predicted octanol–water partition coefficient (Wildman–Crippen LogP) is 3.01. The van der Waals surface area contributed by atoms with Crippen LogP contribution in [0.3, 0.4) is 0 Å². The van der Waals surface area contributed by atoms with Gasteiger partial charge in [0.25, 0.3) is 0 Å². The fourth-order valence-electron chi connectivity index (χ4n) is 2.35. The van der Waals surface area contributed by atoms with E-state index in [1.165, 1.54) is 19.1 Å². The molecule has 0 saturated carbocycles. The lowest BCUT2D eigenvalue weighted by Gasteiger charge is -2.15. The first-order chi connectivity index (χ1) is 12.2. The van der Waals surface area contributed by atoms with Crippen LogP contribution in [0.4, 0.5) is 5.69 Å². The Hall–Kier alpha value is -2.38. The molecule has 0 aliphatic carbocycles. The molecule has 140 valence electrons. The van der Waals surface area contributed by atoms with Crippen LogP contribution in [0.5, 0.6) is 5.75 Å². The molecule has 0 aromatic heterocycles. The van der Waals surface area contributed by atoms with Crippen molar-refractivity contribution in [3.05, 3.63) is 53.6 Å². The van der Waals surface area contributed by atoms with Gasteiger partial charge in [-0.3, -0.25) is 4.79 Å². The van der Waals surface area contributed by atoms with Crippen LogP contribution in [0.2, 0.25) is 0 Å². The van der Waals surface area contributed by atoms with E-state index >= 15 is 0 Å². The number of carbonyl (C=O) groups excluding carboxylic acids is 1. The highest BCUT2D eigenvalue weighted by molar-refractivity contribution is 7.89. The summed E-state index contributed by atoms with van der Waals surface area (Å²) in [6.45, 7) is 7.59. The van der Waals surface area contributed by atoms with Crippen LogP contribution in [-0.2, 0) is 14.8 Å². The molecule has 2 aromatic rings. The van der Waals surface area contributed by atoms with E-state index in [-0.39, 0.29) is 4.90 Å². The summed E-state index contributed by atoms with van der Waals surface area (Å²) in [5, 5.41) is 2.69. The van der Waals surface area contributed by atoms with Crippen molar-refractivity contribution in [2.45, 2.75) is 38.6 Å². The molecule has 2 rings (SSSR count). The largest absolute Gasteiger partial charge is 0.494 e.